The minimum atomic E-state index is 0.0198. The number of carbonyl (C=O) groups is 1. The van der Waals surface area contributed by atoms with Gasteiger partial charge >= 0.3 is 0 Å². The van der Waals surface area contributed by atoms with E-state index >= 15 is 0 Å². The average Bonchev–Trinajstić information content (AvgIpc) is 2.85. The Labute approximate surface area is 114 Å². The number of morpholine rings is 1. The lowest BCUT2D eigenvalue weighted by Gasteiger charge is -2.34. The standard InChI is InChI=1S/C14H22N2O3/c1-11(16-5-8-18-9-6-16)10-15(3)14(17)13-4-7-19-12(13)2/h4,7,11H,5-6,8-10H2,1-3H3/t11-/m1/s1. The summed E-state index contributed by atoms with van der Waals surface area (Å²) < 4.78 is 10.5. The monoisotopic (exact) mass is 266 g/mol. The largest absolute Gasteiger partial charge is 0.469 e. The average molecular weight is 266 g/mol. The molecular formula is C14H22N2O3. The van der Waals surface area contributed by atoms with Gasteiger partial charge in [0.25, 0.3) is 5.91 Å². The van der Waals surface area contributed by atoms with Crippen molar-refractivity contribution in [1.29, 1.82) is 0 Å². The maximum atomic E-state index is 12.3. The highest BCUT2D eigenvalue weighted by Gasteiger charge is 2.22. The summed E-state index contributed by atoms with van der Waals surface area (Å²) in [5.74, 6) is 0.697. The zero-order chi connectivity index (χ0) is 13.8. The SMILES string of the molecule is Cc1occc1C(=O)N(C)C[C@@H](C)N1CCOCC1. The van der Waals surface area contributed by atoms with E-state index in [4.69, 9.17) is 9.15 Å². The van der Waals surface area contributed by atoms with Crippen LogP contribution in [-0.2, 0) is 4.74 Å². The van der Waals surface area contributed by atoms with Crippen LogP contribution in [0.5, 0.6) is 0 Å². The third-order valence-electron chi connectivity index (χ3n) is 3.64. The summed E-state index contributed by atoms with van der Waals surface area (Å²) in [7, 11) is 1.84. The maximum Gasteiger partial charge on any atom is 0.257 e. The van der Waals surface area contributed by atoms with Crippen molar-refractivity contribution in [3.63, 3.8) is 0 Å². The Hall–Kier alpha value is -1.33. The fourth-order valence-electron chi connectivity index (χ4n) is 2.43. The molecule has 1 aromatic rings. The molecule has 0 radical (unpaired) electrons. The molecule has 0 aromatic carbocycles. The van der Waals surface area contributed by atoms with Crippen molar-refractivity contribution in [2.75, 3.05) is 39.9 Å². The van der Waals surface area contributed by atoms with Gasteiger partial charge < -0.3 is 14.1 Å². The Morgan fingerprint density at radius 2 is 2.16 bits per heavy atom. The van der Waals surface area contributed by atoms with Gasteiger partial charge in [-0.15, -0.1) is 0 Å². The van der Waals surface area contributed by atoms with Gasteiger partial charge in [0.1, 0.15) is 5.76 Å². The predicted octanol–water partition coefficient (Wildman–Crippen LogP) is 1.38. The molecule has 1 saturated heterocycles. The molecule has 1 amide bonds. The van der Waals surface area contributed by atoms with Gasteiger partial charge in [0.15, 0.2) is 0 Å². The van der Waals surface area contributed by atoms with E-state index in [1.54, 1.807) is 17.2 Å². The van der Waals surface area contributed by atoms with Crippen molar-refractivity contribution in [1.82, 2.24) is 9.80 Å². The van der Waals surface area contributed by atoms with Crippen molar-refractivity contribution in [3.8, 4) is 0 Å². The molecule has 1 aliphatic rings. The molecule has 2 heterocycles. The van der Waals surface area contributed by atoms with Gasteiger partial charge in [-0.25, -0.2) is 0 Å². The zero-order valence-electron chi connectivity index (χ0n) is 11.9. The van der Waals surface area contributed by atoms with Crippen LogP contribution in [0.1, 0.15) is 23.0 Å². The van der Waals surface area contributed by atoms with Gasteiger partial charge in [0.2, 0.25) is 0 Å². The first-order chi connectivity index (χ1) is 9.09. The molecule has 0 spiro atoms. The smallest absolute Gasteiger partial charge is 0.257 e. The molecule has 5 heteroatoms. The molecule has 0 unspecified atom stereocenters. The number of aryl methyl sites for hydroxylation is 1. The van der Waals surface area contributed by atoms with E-state index in [9.17, 15) is 4.79 Å². The number of hydrogen-bond donors (Lipinski definition) is 0. The van der Waals surface area contributed by atoms with Gasteiger partial charge in [0, 0.05) is 32.7 Å². The number of amides is 1. The highest BCUT2D eigenvalue weighted by Crippen LogP contribution is 2.12. The zero-order valence-corrected chi connectivity index (χ0v) is 11.9. The third-order valence-corrected chi connectivity index (χ3v) is 3.64. The molecule has 5 nitrogen and oxygen atoms in total. The lowest BCUT2D eigenvalue weighted by Crippen LogP contribution is -2.47. The van der Waals surface area contributed by atoms with Crippen molar-refractivity contribution < 1.29 is 13.9 Å². The Morgan fingerprint density at radius 3 is 2.74 bits per heavy atom. The summed E-state index contributed by atoms with van der Waals surface area (Å²) in [6.45, 7) is 8.11. The molecule has 0 N–H and O–H groups in total. The quantitative estimate of drug-likeness (QED) is 0.826. The van der Waals surface area contributed by atoms with Crippen molar-refractivity contribution in [2.24, 2.45) is 0 Å². The normalized spacial score (nSPS) is 18.3. The highest BCUT2D eigenvalue weighted by molar-refractivity contribution is 5.94. The van der Waals surface area contributed by atoms with Gasteiger partial charge in [0.05, 0.1) is 25.0 Å². The Balaban J connectivity index is 1.91. The summed E-state index contributed by atoms with van der Waals surface area (Å²) in [4.78, 5) is 16.4. The topological polar surface area (TPSA) is 45.9 Å². The highest BCUT2D eigenvalue weighted by atomic mass is 16.5. The van der Waals surface area contributed by atoms with Crippen LogP contribution in [0.3, 0.4) is 0 Å². The van der Waals surface area contributed by atoms with Crippen LogP contribution < -0.4 is 0 Å². The van der Waals surface area contributed by atoms with Crippen molar-refractivity contribution >= 4 is 5.91 Å². The van der Waals surface area contributed by atoms with E-state index in [1.165, 1.54) is 0 Å². The van der Waals surface area contributed by atoms with Crippen molar-refractivity contribution in [3.05, 3.63) is 23.7 Å². The molecule has 0 aliphatic carbocycles. The van der Waals surface area contributed by atoms with E-state index in [-0.39, 0.29) is 5.91 Å². The molecule has 0 bridgehead atoms. The van der Waals surface area contributed by atoms with Crippen LogP contribution in [0.25, 0.3) is 0 Å². The second-order valence-corrected chi connectivity index (χ2v) is 5.07. The molecule has 19 heavy (non-hydrogen) atoms. The van der Waals surface area contributed by atoms with E-state index < -0.39 is 0 Å². The molecule has 106 valence electrons. The summed E-state index contributed by atoms with van der Waals surface area (Å²) in [5, 5.41) is 0. The van der Waals surface area contributed by atoms with Crippen LogP contribution in [0, 0.1) is 6.92 Å². The fourth-order valence-corrected chi connectivity index (χ4v) is 2.43. The van der Waals surface area contributed by atoms with Crippen LogP contribution in [0.2, 0.25) is 0 Å². The summed E-state index contributed by atoms with van der Waals surface area (Å²) in [6.07, 6.45) is 1.56. The van der Waals surface area contributed by atoms with Crippen LogP contribution in [0.4, 0.5) is 0 Å². The number of furan rings is 1. The second-order valence-electron chi connectivity index (χ2n) is 5.07. The van der Waals surface area contributed by atoms with Gasteiger partial charge in [-0.1, -0.05) is 0 Å². The minimum absolute atomic E-state index is 0.0198. The molecule has 2 rings (SSSR count). The number of nitrogens with zero attached hydrogens (tertiary/aromatic N) is 2. The third kappa shape index (κ3) is 3.36. The Kier molecular flexibility index (Phi) is 4.61. The van der Waals surface area contributed by atoms with Gasteiger partial charge in [-0.2, -0.15) is 0 Å². The number of hydrogen-bond acceptors (Lipinski definition) is 4. The summed E-state index contributed by atoms with van der Waals surface area (Å²) in [6, 6.07) is 2.07. The first-order valence-corrected chi connectivity index (χ1v) is 6.71. The lowest BCUT2D eigenvalue weighted by atomic mass is 10.2. The van der Waals surface area contributed by atoms with Crippen LogP contribution in [-0.4, -0.2) is 61.6 Å². The second kappa shape index (κ2) is 6.21. The molecule has 1 fully saturated rings. The number of ether oxygens (including phenoxy) is 1. The maximum absolute atomic E-state index is 12.3. The molecule has 1 aliphatic heterocycles. The first-order valence-electron chi connectivity index (χ1n) is 6.71. The first kappa shape index (κ1) is 14.1. The number of rotatable bonds is 4. The van der Waals surface area contributed by atoms with Gasteiger partial charge in [-0.05, 0) is 19.9 Å². The lowest BCUT2D eigenvalue weighted by molar-refractivity contribution is 0.0142. The van der Waals surface area contributed by atoms with Gasteiger partial charge in [-0.3, -0.25) is 9.69 Å². The van der Waals surface area contributed by atoms with E-state index in [0.29, 0.717) is 23.9 Å². The number of carbonyl (C=O) groups excluding carboxylic acids is 1. The summed E-state index contributed by atoms with van der Waals surface area (Å²) in [5.41, 5.74) is 0.650. The predicted molar refractivity (Wildman–Crippen MR) is 72.3 cm³/mol. The number of likely N-dealkylation sites (N-methyl/N-ethyl adjacent to an activating group) is 1. The minimum Gasteiger partial charge on any atom is -0.469 e. The van der Waals surface area contributed by atoms with E-state index in [1.807, 2.05) is 14.0 Å². The Morgan fingerprint density at radius 1 is 1.47 bits per heavy atom. The van der Waals surface area contributed by atoms with Crippen LogP contribution in [0.15, 0.2) is 16.7 Å². The molecular weight excluding hydrogens is 244 g/mol. The van der Waals surface area contributed by atoms with Crippen LogP contribution >= 0.6 is 0 Å². The Bertz CT molecular complexity index is 424. The van der Waals surface area contributed by atoms with E-state index in [0.717, 1.165) is 26.3 Å². The molecule has 0 saturated carbocycles. The molecule has 1 atom stereocenters. The summed E-state index contributed by atoms with van der Waals surface area (Å²) >= 11 is 0. The molecule has 1 aromatic heterocycles. The fraction of sp³-hybridized carbons (Fsp3) is 0.643. The van der Waals surface area contributed by atoms with Crippen molar-refractivity contribution in [2.45, 2.75) is 19.9 Å². The van der Waals surface area contributed by atoms with E-state index in [2.05, 4.69) is 11.8 Å².